The molecule has 4 aromatic rings. The maximum Gasteiger partial charge on any atom is 0.490 e. The number of pyridine rings is 1. The number of piperazine rings is 1. The summed E-state index contributed by atoms with van der Waals surface area (Å²) in [6, 6.07) is 9.35. The molecule has 1 fully saturated rings. The molecule has 0 unspecified atom stereocenters. The fourth-order valence-corrected chi connectivity index (χ4v) is 4.43. The van der Waals surface area contributed by atoms with Crippen molar-refractivity contribution < 1.29 is 49.4 Å². The number of rotatable bonds is 4. The molecule has 0 bridgehead atoms. The summed E-state index contributed by atoms with van der Waals surface area (Å²) in [6.07, 6.45) is -7.97. The van der Waals surface area contributed by atoms with Crippen molar-refractivity contribution in [3.8, 4) is 22.5 Å². The molecule has 0 atom stereocenters. The van der Waals surface area contributed by atoms with Gasteiger partial charge in [-0.1, -0.05) is 23.7 Å². The number of carbonyl (C=O) groups is 1. The van der Waals surface area contributed by atoms with Gasteiger partial charge in [-0.15, -0.1) is 0 Å². The molecule has 2 aromatic heterocycles. The lowest BCUT2D eigenvalue weighted by molar-refractivity contribution is -0.192. The van der Waals surface area contributed by atoms with Crippen LogP contribution in [0.3, 0.4) is 0 Å². The van der Waals surface area contributed by atoms with Gasteiger partial charge in [-0.05, 0) is 36.4 Å². The second-order valence-electron chi connectivity index (χ2n) is 9.20. The van der Waals surface area contributed by atoms with Crippen LogP contribution in [-0.4, -0.2) is 58.4 Å². The highest BCUT2D eigenvalue weighted by molar-refractivity contribution is 6.32. The van der Waals surface area contributed by atoms with Crippen LogP contribution in [0.1, 0.15) is 5.56 Å². The van der Waals surface area contributed by atoms with E-state index in [1.807, 2.05) is 9.80 Å². The zero-order valence-corrected chi connectivity index (χ0v) is 22.7. The molecule has 0 spiro atoms. The van der Waals surface area contributed by atoms with Crippen LogP contribution in [0.2, 0.25) is 5.02 Å². The number of halogens is 10. The number of aromatic nitrogens is 3. The summed E-state index contributed by atoms with van der Waals surface area (Å²) in [6.45, 7) is 2.06. The Morgan fingerprint density at radius 2 is 1.41 bits per heavy atom. The van der Waals surface area contributed by atoms with Gasteiger partial charge < -0.3 is 19.9 Å². The SMILES string of the molecule is Fc1cc(-c2nc(N3CCN(c4ncccc4Cl)CC3)[nH]c2-c2ccc(C(F)(F)F)cc2)cc(F)c1F.O=C(O)C(F)(F)F. The van der Waals surface area contributed by atoms with Crippen molar-refractivity contribution in [1.29, 1.82) is 0 Å². The number of benzene rings is 2. The maximum absolute atomic E-state index is 14.0. The molecule has 5 rings (SSSR count). The Hall–Kier alpha value is -4.47. The summed E-state index contributed by atoms with van der Waals surface area (Å²) in [5, 5.41) is 7.64. The topological polar surface area (TPSA) is 85.4 Å². The summed E-state index contributed by atoms with van der Waals surface area (Å²) in [4.78, 5) is 24.7. The van der Waals surface area contributed by atoms with E-state index < -0.39 is 41.3 Å². The monoisotopic (exact) mass is 651 g/mol. The highest BCUT2D eigenvalue weighted by Crippen LogP contribution is 2.36. The number of nitrogens with zero attached hydrogens (tertiary/aromatic N) is 4. The number of imidazole rings is 1. The Labute approximate surface area is 247 Å². The largest absolute Gasteiger partial charge is 0.490 e. The van der Waals surface area contributed by atoms with Gasteiger partial charge in [0.15, 0.2) is 17.5 Å². The number of aliphatic carboxylic acids is 1. The molecule has 234 valence electrons. The van der Waals surface area contributed by atoms with Gasteiger partial charge in [-0.25, -0.2) is 27.9 Å². The van der Waals surface area contributed by atoms with Gasteiger partial charge in [0.2, 0.25) is 5.95 Å². The third-order valence-electron chi connectivity index (χ3n) is 6.31. The summed E-state index contributed by atoms with van der Waals surface area (Å²) >= 11 is 6.25. The number of hydrogen-bond donors (Lipinski definition) is 2. The van der Waals surface area contributed by atoms with Crippen molar-refractivity contribution in [3.63, 3.8) is 0 Å². The Morgan fingerprint density at radius 3 is 1.91 bits per heavy atom. The van der Waals surface area contributed by atoms with Crippen LogP contribution in [-0.2, 0) is 11.0 Å². The molecule has 7 nitrogen and oxygen atoms in total. The Balaban J connectivity index is 0.000000566. The van der Waals surface area contributed by atoms with E-state index in [0.29, 0.717) is 48.5 Å². The maximum atomic E-state index is 14.0. The molecule has 2 aromatic carbocycles. The number of H-pyrrole nitrogens is 1. The van der Waals surface area contributed by atoms with Gasteiger partial charge in [0.25, 0.3) is 0 Å². The van der Waals surface area contributed by atoms with Crippen LogP contribution in [0.4, 0.5) is 51.3 Å². The van der Waals surface area contributed by atoms with E-state index in [1.54, 1.807) is 18.3 Å². The zero-order valence-electron chi connectivity index (χ0n) is 21.9. The van der Waals surface area contributed by atoms with Crippen molar-refractivity contribution in [2.75, 3.05) is 36.0 Å². The van der Waals surface area contributed by atoms with E-state index in [-0.39, 0.29) is 17.0 Å². The minimum atomic E-state index is -5.08. The molecule has 0 aliphatic carbocycles. The minimum absolute atomic E-state index is 0.0623. The van der Waals surface area contributed by atoms with E-state index in [0.717, 1.165) is 24.3 Å². The zero-order chi connectivity index (χ0) is 32.4. The second-order valence-corrected chi connectivity index (χ2v) is 9.61. The first-order valence-electron chi connectivity index (χ1n) is 12.4. The lowest BCUT2D eigenvalue weighted by Crippen LogP contribution is -2.47. The predicted molar refractivity (Wildman–Crippen MR) is 142 cm³/mol. The molecule has 2 N–H and O–H groups in total. The smallest absolute Gasteiger partial charge is 0.475 e. The lowest BCUT2D eigenvalue weighted by atomic mass is 10.0. The average molecular weight is 652 g/mol. The number of hydrogen-bond acceptors (Lipinski definition) is 5. The summed E-state index contributed by atoms with van der Waals surface area (Å²) in [5.41, 5.74) is -0.286. The van der Waals surface area contributed by atoms with E-state index in [2.05, 4.69) is 15.0 Å². The Kier molecular flexibility index (Phi) is 9.32. The third-order valence-corrected chi connectivity index (χ3v) is 6.60. The molecule has 0 radical (unpaired) electrons. The summed E-state index contributed by atoms with van der Waals surface area (Å²) in [7, 11) is 0. The van der Waals surface area contributed by atoms with E-state index in [1.165, 1.54) is 12.1 Å². The van der Waals surface area contributed by atoms with Crippen LogP contribution in [0, 0.1) is 17.5 Å². The number of carboxylic acids is 1. The van der Waals surface area contributed by atoms with Crippen molar-refractivity contribution in [2.24, 2.45) is 0 Å². The molecular formula is C27H19ClF9N5O2. The average Bonchev–Trinajstić information content (AvgIpc) is 3.41. The molecule has 1 saturated heterocycles. The molecule has 17 heteroatoms. The minimum Gasteiger partial charge on any atom is -0.475 e. The van der Waals surface area contributed by atoms with Crippen molar-refractivity contribution in [1.82, 2.24) is 15.0 Å². The molecule has 0 saturated carbocycles. The fourth-order valence-electron chi connectivity index (χ4n) is 4.19. The molecule has 1 aliphatic heterocycles. The standard InChI is InChI=1S/C25H18ClF6N5.C2HF3O2/c26-17-2-1-7-33-23(17)36-8-10-37(11-9-36)24-34-21(14-3-5-16(6-4-14)25(30,31)32)22(35-24)15-12-18(27)20(29)19(28)13-15;3-2(4,5)1(6)7/h1-7,12-13H,8-11H2,(H,34,35);(H,6,7). The molecule has 44 heavy (non-hydrogen) atoms. The van der Waals surface area contributed by atoms with Crippen molar-refractivity contribution in [3.05, 3.63) is 82.8 Å². The van der Waals surface area contributed by atoms with Crippen LogP contribution in [0.5, 0.6) is 0 Å². The van der Waals surface area contributed by atoms with E-state index >= 15 is 0 Å². The predicted octanol–water partition coefficient (Wildman–Crippen LogP) is 7.19. The first-order valence-corrected chi connectivity index (χ1v) is 12.8. The van der Waals surface area contributed by atoms with Crippen LogP contribution in [0.25, 0.3) is 22.5 Å². The van der Waals surface area contributed by atoms with Crippen LogP contribution in [0.15, 0.2) is 54.7 Å². The lowest BCUT2D eigenvalue weighted by Gasteiger charge is -2.35. The number of alkyl halides is 6. The van der Waals surface area contributed by atoms with Crippen molar-refractivity contribution in [2.45, 2.75) is 12.4 Å². The summed E-state index contributed by atoms with van der Waals surface area (Å²) < 4.78 is 113. The molecular weight excluding hydrogens is 633 g/mol. The van der Waals surface area contributed by atoms with Crippen LogP contribution < -0.4 is 9.80 Å². The van der Waals surface area contributed by atoms with E-state index in [4.69, 9.17) is 21.5 Å². The second kappa shape index (κ2) is 12.6. The fraction of sp³-hybridized carbons (Fsp3) is 0.222. The van der Waals surface area contributed by atoms with Crippen molar-refractivity contribution >= 4 is 29.3 Å². The molecule has 3 heterocycles. The quantitative estimate of drug-likeness (QED) is 0.180. The first kappa shape index (κ1) is 32.4. The van der Waals surface area contributed by atoms with Gasteiger partial charge in [0.05, 0.1) is 22.0 Å². The normalized spacial score (nSPS) is 13.9. The first-order chi connectivity index (χ1) is 20.6. The van der Waals surface area contributed by atoms with Gasteiger partial charge >= 0.3 is 18.3 Å². The number of aromatic amines is 1. The van der Waals surface area contributed by atoms with Gasteiger partial charge in [0.1, 0.15) is 5.82 Å². The number of carboxylic acid groups (broad SMARTS) is 1. The summed E-state index contributed by atoms with van der Waals surface area (Å²) in [5.74, 6) is -6.20. The number of anilines is 2. The van der Waals surface area contributed by atoms with Crippen LogP contribution >= 0.6 is 11.6 Å². The highest BCUT2D eigenvalue weighted by Gasteiger charge is 2.38. The Morgan fingerprint density at radius 1 is 0.864 bits per heavy atom. The molecule has 0 amide bonds. The van der Waals surface area contributed by atoms with Gasteiger partial charge in [-0.2, -0.15) is 26.3 Å². The molecule has 1 aliphatic rings. The van der Waals surface area contributed by atoms with Gasteiger partial charge in [0, 0.05) is 43.5 Å². The number of nitrogens with one attached hydrogen (secondary N) is 1. The Bertz CT molecular complexity index is 1610. The van der Waals surface area contributed by atoms with E-state index in [9.17, 15) is 39.5 Å². The third kappa shape index (κ3) is 7.35. The van der Waals surface area contributed by atoms with Gasteiger partial charge in [-0.3, -0.25) is 0 Å². The highest BCUT2D eigenvalue weighted by atomic mass is 35.5.